The van der Waals surface area contributed by atoms with E-state index in [4.69, 9.17) is 0 Å². The molecule has 0 aromatic heterocycles. The van der Waals surface area contributed by atoms with Crippen LogP contribution in [0.4, 0.5) is 0 Å². The summed E-state index contributed by atoms with van der Waals surface area (Å²) in [5.74, 6) is 1.59. The molecule has 3 rings (SSSR count). The Morgan fingerprint density at radius 3 is 2.20 bits per heavy atom. The van der Waals surface area contributed by atoms with Gasteiger partial charge in [0.25, 0.3) is 0 Å². The fourth-order valence-corrected chi connectivity index (χ4v) is 3.69. The lowest BCUT2D eigenvalue weighted by Crippen LogP contribution is -2.16. The highest BCUT2D eigenvalue weighted by Gasteiger charge is 2.55. The standard InChI is InChI=1S/C20H24/c1-15(2)19-14-20(19,13-17-7-5-4-6-8-17)18-11-9-16(3)10-12-18/h4-12,15,19H,13-14H2,1-3H3. The minimum Gasteiger partial charge on any atom is -0.0625 e. The lowest BCUT2D eigenvalue weighted by Gasteiger charge is -2.20. The molecule has 0 radical (unpaired) electrons. The number of hydrogen-bond acceptors (Lipinski definition) is 0. The molecular formula is C20H24. The maximum Gasteiger partial charge on any atom is 0.00274 e. The van der Waals surface area contributed by atoms with Crippen molar-refractivity contribution in [1.82, 2.24) is 0 Å². The predicted octanol–water partition coefficient (Wildman–Crippen LogP) is 5.15. The fraction of sp³-hybridized carbons (Fsp3) is 0.400. The van der Waals surface area contributed by atoms with Crippen molar-refractivity contribution in [2.45, 2.75) is 39.0 Å². The van der Waals surface area contributed by atoms with Crippen molar-refractivity contribution in [1.29, 1.82) is 0 Å². The van der Waals surface area contributed by atoms with Gasteiger partial charge in [0.15, 0.2) is 0 Å². The molecule has 0 heteroatoms. The van der Waals surface area contributed by atoms with E-state index in [0.717, 1.165) is 11.8 Å². The molecule has 1 saturated carbocycles. The van der Waals surface area contributed by atoms with Gasteiger partial charge >= 0.3 is 0 Å². The summed E-state index contributed by atoms with van der Waals surface area (Å²) in [4.78, 5) is 0. The Balaban J connectivity index is 1.92. The summed E-state index contributed by atoms with van der Waals surface area (Å²) in [6.45, 7) is 6.90. The first-order valence-electron chi connectivity index (χ1n) is 7.73. The van der Waals surface area contributed by atoms with Crippen molar-refractivity contribution in [3.05, 3.63) is 71.3 Å². The molecule has 2 atom stereocenters. The van der Waals surface area contributed by atoms with Gasteiger partial charge in [-0.15, -0.1) is 0 Å². The van der Waals surface area contributed by atoms with Crippen LogP contribution in [-0.2, 0) is 11.8 Å². The van der Waals surface area contributed by atoms with Crippen molar-refractivity contribution in [3.8, 4) is 0 Å². The van der Waals surface area contributed by atoms with Gasteiger partial charge in [0.2, 0.25) is 0 Å². The molecule has 0 N–H and O–H groups in total. The topological polar surface area (TPSA) is 0 Å². The van der Waals surface area contributed by atoms with E-state index < -0.39 is 0 Å². The molecule has 1 aliphatic carbocycles. The van der Waals surface area contributed by atoms with Gasteiger partial charge in [-0.2, -0.15) is 0 Å². The third kappa shape index (κ3) is 2.40. The molecule has 2 aromatic carbocycles. The normalized spacial score (nSPS) is 24.9. The Labute approximate surface area is 122 Å². The second-order valence-electron chi connectivity index (χ2n) is 6.74. The van der Waals surface area contributed by atoms with Crippen LogP contribution in [0.1, 0.15) is 37.0 Å². The number of benzene rings is 2. The molecular weight excluding hydrogens is 240 g/mol. The third-order valence-electron chi connectivity index (χ3n) is 4.93. The van der Waals surface area contributed by atoms with Gasteiger partial charge in [0.1, 0.15) is 0 Å². The molecule has 104 valence electrons. The van der Waals surface area contributed by atoms with E-state index in [9.17, 15) is 0 Å². The molecule has 0 bridgehead atoms. The van der Waals surface area contributed by atoms with E-state index in [-0.39, 0.29) is 0 Å². The summed E-state index contributed by atoms with van der Waals surface area (Å²) in [5.41, 5.74) is 4.73. The average Bonchev–Trinajstić information content (AvgIpc) is 3.16. The van der Waals surface area contributed by atoms with E-state index in [0.29, 0.717) is 5.41 Å². The minimum absolute atomic E-state index is 0.378. The van der Waals surface area contributed by atoms with Crippen molar-refractivity contribution in [3.63, 3.8) is 0 Å². The lowest BCUT2D eigenvalue weighted by molar-refractivity contribution is 0.477. The Kier molecular flexibility index (Phi) is 3.41. The molecule has 0 nitrogen and oxygen atoms in total. The quantitative estimate of drug-likeness (QED) is 0.716. The zero-order chi connectivity index (χ0) is 14.2. The van der Waals surface area contributed by atoms with E-state index in [1.807, 2.05) is 0 Å². The first kappa shape index (κ1) is 13.4. The Morgan fingerprint density at radius 2 is 1.65 bits per heavy atom. The van der Waals surface area contributed by atoms with E-state index >= 15 is 0 Å². The van der Waals surface area contributed by atoms with Crippen LogP contribution in [0.25, 0.3) is 0 Å². The summed E-state index contributed by atoms with van der Waals surface area (Å²) in [6, 6.07) is 20.2. The van der Waals surface area contributed by atoms with E-state index in [1.54, 1.807) is 0 Å². The largest absolute Gasteiger partial charge is 0.0625 e. The first-order valence-corrected chi connectivity index (χ1v) is 7.73. The van der Waals surface area contributed by atoms with Crippen LogP contribution in [-0.4, -0.2) is 0 Å². The summed E-state index contributed by atoms with van der Waals surface area (Å²) in [5, 5.41) is 0. The number of rotatable bonds is 4. The highest BCUT2D eigenvalue weighted by Crippen LogP contribution is 2.59. The Bertz CT molecular complexity index is 565. The van der Waals surface area contributed by atoms with E-state index in [2.05, 4.69) is 75.4 Å². The molecule has 1 fully saturated rings. The maximum absolute atomic E-state index is 2.37. The highest BCUT2D eigenvalue weighted by atomic mass is 14.6. The van der Waals surface area contributed by atoms with E-state index in [1.165, 1.54) is 29.5 Å². The van der Waals surface area contributed by atoms with Crippen molar-refractivity contribution in [2.75, 3.05) is 0 Å². The van der Waals surface area contributed by atoms with Crippen molar-refractivity contribution < 1.29 is 0 Å². The number of aryl methyl sites for hydroxylation is 1. The zero-order valence-corrected chi connectivity index (χ0v) is 12.8. The second kappa shape index (κ2) is 5.09. The Morgan fingerprint density at radius 1 is 1.00 bits per heavy atom. The molecule has 0 spiro atoms. The van der Waals surface area contributed by atoms with Gasteiger partial charge in [0, 0.05) is 5.41 Å². The zero-order valence-electron chi connectivity index (χ0n) is 12.8. The molecule has 0 saturated heterocycles. The molecule has 1 aliphatic rings. The smallest absolute Gasteiger partial charge is 0.00274 e. The van der Waals surface area contributed by atoms with Gasteiger partial charge in [-0.3, -0.25) is 0 Å². The van der Waals surface area contributed by atoms with Gasteiger partial charge < -0.3 is 0 Å². The molecule has 20 heavy (non-hydrogen) atoms. The van der Waals surface area contributed by atoms with Crippen molar-refractivity contribution in [2.24, 2.45) is 11.8 Å². The third-order valence-corrected chi connectivity index (χ3v) is 4.93. The number of hydrogen-bond donors (Lipinski definition) is 0. The van der Waals surface area contributed by atoms with Crippen LogP contribution >= 0.6 is 0 Å². The molecule has 2 unspecified atom stereocenters. The Hall–Kier alpha value is -1.56. The predicted molar refractivity (Wildman–Crippen MR) is 85.9 cm³/mol. The summed E-state index contributed by atoms with van der Waals surface area (Å²) < 4.78 is 0. The van der Waals surface area contributed by atoms with Crippen molar-refractivity contribution >= 4 is 0 Å². The van der Waals surface area contributed by atoms with Crippen LogP contribution in [0.15, 0.2) is 54.6 Å². The monoisotopic (exact) mass is 264 g/mol. The van der Waals surface area contributed by atoms with Gasteiger partial charge in [-0.05, 0) is 42.7 Å². The maximum atomic E-state index is 2.37. The molecule has 2 aromatic rings. The molecule has 0 heterocycles. The minimum atomic E-state index is 0.378. The van der Waals surface area contributed by atoms with Crippen LogP contribution in [0, 0.1) is 18.8 Å². The van der Waals surface area contributed by atoms with Crippen LogP contribution in [0.5, 0.6) is 0 Å². The summed E-state index contributed by atoms with van der Waals surface area (Å²) in [6.07, 6.45) is 2.52. The first-order chi connectivity index (χ1) is 9.62. The highest BCUT2D eigenvalue weighted by molar-refractivity contribution is 5.38. The average molecular weight is 264 g/mol. The summed E-state index contributed by atoms with van der Waals surface area (Å²) in [7, 11) is 0. The van der Waals surface area contributed by atoms with Gasteiger partial charge in [-0.25, -0.2) is 0 Å². The fourth-order valence-electron chi connectivity index (χ4n) is 3.69. The lowest BCUT2D eigenvalue weighted by atomic mass is 9.84. The summed E-state index contributed by atoms with van der Waals surface area (Å²) >= 11 is 0. The second-order valence-corrected chi connectivity index (χ2v) is 6.74. The molecule has 0 aliphatic heterocycles. The van der Waals surface area contributed by atoms with Crippen LogP contribution in [0.2, 0.25) is 0 Å². The van der Waals surface area contributed by atoms with Gasteiger partial charge in [-0.1, -0.05) is 74.0 Å². The SMILES string of the molecule is Cc1ccc(C2(Cc3ccccc3)CC2C(C)C)cc1. The van der Waals surface area contributed by atoms with Crippen LogP contribution in [0.3, 0.4) is 0 Å². The molecule has 0 amide bonds. The van der Waals surface area contributed by atoms with Crippen LogP contribution < -0.4 is 0 Å². The van der Waals surface area contributed by atoms with Gasteiger partial charge in [0.05, 0.1) is 0 Å².